The maximum absolute atomic E-state index is 12.3. The van der Waals surface area contributed by atoms with Crippen LogP contribution in [0, 0.1) is 12.8 Å². The molecule has 1 amide bonds. The zero-order valence-electron chi connectivity index (χ0n) is 16.0. The lowest BCUT2D eigenvalue weighted by atomic mass is 10.2. The quantitative estimate of drug-likeness (QED) is 0.586. The topological polar surface area (TPSA) is 73.2 Å². The summed E-state index contributed by atoms with van der Waals surface area (Å²) in [5.41, 5.74) is 1.78. The summed E-state index contributed by atoms with van der Waals surface area (Å²) in [5.74, 6) is -0.472. The fourth-order valence-corrected chi connectivity index (χ4v) is 3.93. The predicted molar refractivity (Wildman–Crippen MR) is 111 cm³/mol. The van der Waals surface area contributed by atoms with Gasteiger partial charge < -0.3 is 10.1 Å². The molecule has 2 heterocycles. The van der Waals surface area contributed by atoms with Gasteiger partial charge in [-0.3, -0.25) is 9.48 Å². The zero-order valence-corrected chi connectivity index (χ0v) is 17.6. The number of esters is 1. The first-order chi connectivity index (χ1) is 13.3. The molecule has 2 aromatic heterocycles. The van der Waals surface area contributed by atoms with Gasteiger partial charge in [0.1, 0.15) is 9.71 Å². The van der Waals surface area contributed by atoms with Crippen LogP contribution in [0.5, 0.6) is 0 Å². The van der Waals surface area contributed by atoms with Crippen LogP contribution in [-0.2, 0) is 16.1 Å². The molecule has 0 radical (unpaired) electrons. The Kier molecular flexibility index (Phi) is 6.36. The van der Waals surface area contributed by atoms with E-state index >= 15 is 0 Å². The lowest BCUT2D eigenvalue weighted by Crippen LogP contribution is -2.31. The molecule has 1 aromatic carbocycles. The van der Waals surface area contributed by atoms with Gasteiger partial charge in [0.15, 0.2) is 6.61 Å². The highest BCUT2D eigenvalue weighted by atomic mass is 35.5. The van der Waals surface area contributed by atoms with E-state index in [9.17, 15) is 9.59 Å². The van der Waals surface area contributed by atoms with Gasteiger partial charge in [0.25, 0.3) is 5.91 Å². The van der Waals surface area contributed by atoms with E-state index in [0.29, 0.717) is 28.9 Å². The Balaban J connectivity index is 1.72. The number of thiophene rings is 1. The summed E-state index contributed by atoms with van der Waals surface area (Å²) in [5, 5.41) is 8.85. The van der Waals surface area contributed by atoms with Crippen LogP contribution in [0.4, 0.5) is 0 Å². The first-order valence-electron chi connectivity index (χ1n) is 8.99. The number of halogens is 1. The van der Waals surface area contributed by atoms with Gasteiger partial charge in [-0.25, -0.2) is 4.79 Å². The second kappa shape index (κ2) is 8.75. The fourth-order valence-electron chi connectivity index (χ4n) is 2.68. The summed E-state index contributed by atoms with van der Waals surface area (Å²) in [6, 6.07) is 9.36. The molecule has 0 unspecified atom stereocenters. The van der Waals surface area contributed by atoms with Crippen molar-refractivity contribution in [1.29, 1.82) is 0 Å². The number of amides is 1. The number of benzene rings is 1. The summed E-state index contributed by atoms with van der Waals surface area (Å²) < 4.78 is 6.98. The van der Waals surface area contributed by atoms with Gasteiger partial charge in [-0.1, -0.05) is 43.6 Å². The lowest BCUT2D eigenvalue weighted by Gasteiger charge is -2.07. The first kappa shape index (κ1) is 20.4. The highest BCUT2D eigenvalue weighted by Crippen LogP contribution is 2.30. The van der Waals surface area contributed by atoms with Gasteiger partial charge in [-0.05, 0) is 30.5 Å². The monoisotopic (exact) mass is 419 g/mol. The molecule has 0 fully saturated rings. The van der Waals surface area contributed by atoms with Gasteiger partial charge in [0.05, 0.1) is 12.2 Å². The minimum absolute atomic E-state index is 0.287. The number of ether oxygens (including phenoxy) is 1. The number of hydrogen-bond donors (Lipinski definition) is 1. The van der Waals surface area contributed by atoms with Crippen LogP contribution in [0.2, 0.25) is 5.02 Å². The van der Waals surface area contributed by atoms with E-state index in [2.05, 4.69) is 10.4 Å². The lowest BCUT2D eigenvalue weighted by molar-refractivity contribution is -0.124. The Labute approximate surface area is 172 Å². The van der Waals surface area contributed by atoms with Gasteiger partial charge >= 0.3 is 5.97 Å². The van der Waals surface area contributed by atoms with Gasteiger partial charge in [-0.15, -0.1) is 11.3 Å². The highest BCUT2D eigenvalue weighted by molar-refractivity contribution is 7.20. The molecule has 0 spiro atoms. The van der Waals surface area contributed by atoms with E-state index < -0.39 is 5.97 Å². The van der Waals surface area contributed by atoms with Crippen LogP contribution < -0.4 is 5.32 Å². The number of hydrogen-bond acceptors (Lipinski definition) is 5. The SMILES string of the molecule is Cc1nn(Cc2ccccc2Cl)c2sc(C(=O)OCC(=O)NCC(C)C)cc12. The number of carbonyl (C=O) groups excluding carboxylic acids is 2. The van der Waals surface area contributed by atoms with Gasteiger partial charge in [0.2, 0.25) is 0 Å². The molecule has 3 aromatic rings. The molecule has 148 valence electrons. The Morgan fingerprint density at radius 2 is 2.07 bits per heavy atom. The standard InChI is InChI=1S/C20H22ClN3O3S/c1-12(2)9-22-18(25)11-27-20(26)17-8-15-13(3)23-24(19(15)28-17)10-14-6-4-5-7-16(14)21/h4-8,12H,9-11H2,1-3H3,(H,22,25). The van der Waals surface area contributed by atoms with Crippen LogP contribution >= 0.6 is 22.9 Å². The first-order valence-corrected chi connectivity index (χ1v) is 10.2. The van der Waals surface area contributed by atoms with Crippen molar-refractivity contribution in [2.45, 2.75) is 27.3 Å². The second-order valence-electron chi connectivity index (χ2n) is 6.94. The van der Waals surface area contributed by atoms with Crippen molar-refractivity contribution < 1.29 is 14.3 Å². The molecule has 1 N–H and O–H groups in total. The molecule has 0 bridgehead atoms. The van der Waals surface area contributed by atoms with Crippen LogP contribution in [-0.4, -0.2) is 34.8 Å². The number of fused-ring (bicyclic) bond motifs is 1. The maximum Gasteiger partial charge on any atom is 0.348 e. The van der Waals surface area contributed by atoms with Crippen molar-refractivity contribution in [3.8, 4) is 0 Å². The Hall–Kier alpha value is -2.38. The summed E-state index contributed by atoms with van der Waals surface area (Å²) >= 11 is 7.55. The third-order valence-electron chi connectivity index (χ3n) is 4.13. The van der Waals surface area contributed by atoms with E-state index in [1.54, 1.807) is 6.07 Å². The fraction of sp³-hybridized carbons (Fsp3) is 0.350. The van der Waals surface area contributed by atoms with E-state index in [1.807, 2.05) is 49.7 Å². The van der Waals surface area contributed by atoms with Crippen molar-refractivity contribution in [1.82, 2.24) is 15.1 Å². The van der Waals surface area contributed by atoms with Gasteiger partial charge in [-0.2, -0.15) is 5.10 Å². The smallest absolute Gasteiger partial charge is 0.348 e. The van der Waals surface area contributed by atoms with Crippen LogP contribution in [0.25, 0.3) is 10.2 Å². The number of aryl methyl sites for hydroxylation is 1. The van der Waals surface area contributed by atoms with E-state index in [1.165, 1.54) is 11.3 Å². The van der Waals surface area contributed by atoms with Crippen LogP contribution in [0.3, 0.4) is 0 Å². The predicted octanol–water partition coefficient (Wildman–Crippen LogP) is 4.04. The highest BCUT2D eigenvalue weighted by Gasteiger charge is 2.18. The van der Waals surface area contributed by atoms with Crippen molar-refractivity contribution in [3.05, 3.63) is 51.5 Å². The number of carbonyl (C=O) groups is 2. The Bertz CT molecular complexity index is 1010. The minimum Gasteiger partial charge on any atom is -0.451 e. The van der Waals surface area contributed by atoms with Crippen molar-refractivity contribution in [2.24, 2.45) is 5.92 Å². The maximum atomic E-state index is 12.3. The zero-order chi connectivity index (χ0) is 20.3. The van der Waals surface area contributed by atoms with Crippen molar-refractivity contribution in [3.63, 3.8) is 0 Å². The molecule has 0 saturated heterocycles. The van der Waals surface area contributed by atoms with Crippen molar-refractivity contribution >= 4 is 45.0 Å². The Morgan fingerprint density at radius 3 is 2.79 bits per heavy atom. The van der Waals surface area contributed by atoms with Crippen LogP contribution in [0.15, 0.2) is 30.3 Å². The minimum atomic E-state index is -0.510. The second-order valence-corrected chi connectivity index (χ2v) is 8.38. The number of aromatic nitrogens is 2. The van der Waals surface area contributed by atoms with E-state index in [4.69, 9.17) is 16.3 Å². The van der Waals surface area contributed by atoms with Crippen LogP contribution in [0.1, 0.15) is 34.8 Å². The average Bonchev–Trinajstić information content (AvgIpc) is 3.21. The summed E-state index contributed by atoms with van der Waals surface area (Å²) in [6.45, 7) is 6.67. The largest absolute Gasteiger partial charge is 0.451 e. The molecule has 8 heteroatoms. The van der Waals surface area contributed by atoms with Crippen molar-refractivity contribution in [2.75, 3.05) is 13.2 Å². The molecule has 28 heavy (non-hydrogen) atoms. The van der Waals surface area contributed by atoms with Gasteiger partial charge in [0, 0.05) is 17.0 Å². The summed E-state index contributed by atoms with van der Waals surface area (Å²) in [4.78, 5) is 25.4. The van der Waals surface area contributed by atoms with E-state index in [-0.39, 0.29) is 12.5 Å². The number of nitrogens with one attached hydrogen (secondary N) is 1. The Morgan fingerprint density at radius 1 is 1.32 bits per heavy atom. The molecule has 6 nitrogen and oxygen atoms in total. The molecule has 0 atom stereocenters. The third-order valence-corrected chi connectivity index (χ3v) is 5.63. The molecule has 0 aliphatic carbocycles. The molecular weight excluding hydrogens is 398 g/mol. The number of nitrogens with zero attached hydrogens (tertiary/aromatic N) is 2. The molecule has 0 aliphatic heterocycles. The summed E-state index contributed by atoms with van der Waals surface area (Å²) in [7, 11) is 0. The van der Waals surface area contributed by atoms with E-state index in [0.717, 1.165) is 21.5 Å². The molecule has 0 aliphatic rings. The normalized spacial score (nSPS) is 11.2. The summed E-state index contributed by atoms with van der Waals surface area (Å²) in [6.07, 6.45) is 0. The number of rotatable bonds is 7. The molecule has 3 rings (SSSR count). The molecule has 0 saturated carbocycles. The third kappa shape index (κ3) is 4.72. The molecular formula is C20H22ClN3O3S. The average molecular weight is 420 g/mol.